The summed E-state index contributed by atoms with van der Waals surface area (Å²) in [6, 6.07) is 2.52. The predicted molar refractivity (Wildman–Crippen MR) is 76.8 cm³/mol. The lowest BCUT2D eigenvalue weighted by Crippen LogP contribution is -2.13. The highest BCUT2D eigenvalue weighted by molar-refractivity contribution is 7.92. The first-order valence-electron chi connectivity index (χ1n) is 5.56. The summed E-state index contributed by atoms with van der Waals surface area (Å²) in [6.45, 7) is 2.48. The number of aromatic hydroxyl groups is 1. The monoisotopic (exact) mass is 335 g/mol. The van der Waals surface area contributed by atoms with Gasteiger partial charge in [-0.25, -0.2) is 4.98 Å². The number of nitrogens with one attached hydrogen (secondary N) is 1. The van der Waals surface area contributed by atoms with Crippen LogP contribution in [0.5, 0.6) is 5.75 Å². The number of benzene rings is 1. The molecule has 9 heteroatoms. The molecule has 0 saturated heterocycles. The van der Waals surface area contributed by atoms with E-state index in [1.54, 1.807) is 4.57 Å². The van der Waals surface area contributed by atoms with Gasteiger partial charge in [0.1, 0.15) is 0 Å². The van der Waals surface area contributed by atoms with Crippen molar-refractivity contribution in [3.8, 4) is 5.75 Å². The molecule has 1 aromatic heterocycles. The zero-order chi connectivity index (χ0) is 14.9. The second-order valence-electron chi connectivity index (χ2n) is 3.94. The van der Waals surface area contributed by atoms with Crippen LogP contribution in [0, 0.1) is 0 Å². The van der Waals surface area contributed by atoms with E-state index in [1.165, 1.54) is 24.7 Å². The number of halogens is 2. The van der Waals surface area contributed by atoms with Crippen LogP contribution in [0.15, 0.2) is 29.7 Å². The summed E-state index contributed by atoms with van der Waals surface area (Å²) in [5.74, 6) is -0.299. The van der Waals surface area contributed by atoms with Crippen LogP contribution in [0.3, 0.4) is 0 Å². The molecule has 108 valence electrons. The first-order valence-corrected chi connectivity index (χ1v) is 7.80. The van der Waals surface area contributed by atoms with E-state index in [9.17, 15) is 13.5 Å². The molecule has 6 nitrogen and oxygen atoms in total. The molecule has 0 radical (unpaired) electrons. The number of hydrogen-bond acceptors (Lipinski definition) is 4. The molecule has 0 saturated carbocycles. The molecule has 2 aromatic rings. The Morgan fingerprint density at radius 2 is 1.95 bits per heavy atom. The number of anilines is 1. The van der Waals surface area contributed by atoms with Gasteiger partial charge in [-0.2, -0.15) is 8.42 Å². The lowest BCUT2D eigenvalue weighted by Gasteiger charge is -2.08. The van der Waals surface area contributed by atoms with Crippen LogP contribution in [0.4, 0.5) is 5.69 Å². The number of nitrogens with zero attached hydrogens (tertiary/aromatic N) is 2. The van der Waals surface area contributed by atoms with Crippen molar-refractivity contribution in [1.82, 2.24) is 9.55 Å². The normalized spacial score (nSPS) is 11.6. The van der Waals surface area contributed by atoms with E-state index in [1.807, 2.05) is 6.92 Å². The lowest BCUT2D eigenvalue weighted by molar-refractivity contribution is 0.476. The Bertz CT molecular complexity index is 720. The van der Waals surface area contributed by atoms with E-state index < -0.39 is 10.0 Å². The van der Waals surface area contributed by atoms with Crippen LogP contribution in [-0.2, 0) is 16.6 Å². The number of aryl methyl sites for hydroxylation is 1. The van der Waals surface area contributed by atoms with E-state index >= 15 is 0 Å². The summed E-state index contributed by atoms with van der Waals surface area (Å²) in [6.07, 6.45) is 2.83. The minimum absolute atomic E-state index is 0.0470. The lowest BCUT2D eigenvalue weighted by atomic mass is 10.3. The van der Waals surface area contributed by atoms with E-state index in [4.69, 9.17) is 23.2 Å². The van der Waals surface area contributed by atoms with Crippen molar-refractivity contribution in [2.75, 3.05) is 4.72 Å². The molecule has 20 heavy (non-hydrogen) atoms. The van der Waals surface area contributed by atoms with Gasteiger partial charge in [-0.1, -0.05) is 23.2 Å². The number of rotatable bonds is 4. The Morgan fingerprint density at radius 3 is 2.45 bits per heavy atom. The fraction of sp³-hybridized carbons (Fsp3) is 0.182. The zero-order valence-corrected chi connectivity index (χ0v) is 12.7. The topological polar surface area (TPSA) is 84.2 Å². The molecule has 0 unspecified atom stereocenters. The van der Waals surface area contributed by atoms with Gasteiger partial charge >= 0.3 is 0 Å². The molecular weight excluding hydrogens is 325 g/mol. The summed E-state index contributed by atoms with van der Waals surface area (Å²) >= 11 is 11.5. The molecule has 2 rings (SSSR count). The molecule has 1 heterocycles. The van der Waals surface area contributed by atoms with Gasteiger partial charge in [0, 0.05) is 12.7 Å². The van der Waals surface area contributed by atoms with Crippen LogP contribution < -0.4 is 4.72 Å². The van der Waals surface area contributed by atoms with Crippen LogP contribution in [0.1, 0.15) is 6.92 Å². The molecule has 0 aliphatic carbocycles. The van der Waals surface area contributed by atoms with Gasteiger partial charge in [-0.15, -0.1) is 0 Å². The quantitative estimate of drug-likeness (QED) is 0.841. The summed E-state index contributed by atoms with van der Waals surface area (Å²) < 4.78 is 28.1. The number of phenols is 1. The van der Waals surface area contributed by atoms with Crippen molar-refractivity contribution in [3.05, 3.63) is 34.7 Å². The highest BCUT2D eigenvalue weighted by Gasteiger charge is 2.18. The molecule has 0 atom stereocenters. The van der Waals surface area contributed by atoms with E-state index in [0.717, 1.165) is 0 Å². The minimum atomic E-state index is -3.83. The highest BCUT2D eigenvalue weighted by atomic mass is 35.5. The number of phenolic OH excluding ortho intramolecular Hbond substituents is 1. The number of hydrogen-bond donors (Lipinski definition) is 2. The minimum Gasteiger partial charge on any atom is -0.505 e. The first-order chi connectivity index (χ1) is 9.33. The van der Waals surface area contributed by atoms with Crippen molar-refractivity contribution in [3.63, 3.8) is 0 Å². The molecule has 0 bridgehead atoms. The molecule has 0 fully saturated rings. The van der Waals surface area contributed by atoms with Crippen LogP contribution in [0.2, 0.25) is 10.0 Å². The third-order valence-electron chi connectivity index (χ3n) is 2.52. The third kappa shape index (κ3) is 3.00. The van der Waals surface area contributed by atoms with Crippen molar-refractivity contribution >= 4 is 38.9 Å². The third-order valence-corrected chi connectivity index (χ3v) is 4.36. The van der Waals surface area contributed by atoms with Gasteiger partial charge in [-0.05, 0) is 19.1 Å². The molecule has 0 amide bonds. The maximum absolute atomic E-state index is 12.1. The first kappa shape index (κ1) is 15.0. The Balaban J connectivity index is 2.33. The Hall–Kier alpha value is -1.44. The fourth-order valence-electron chi connectivity index (χ4n) is 1.48. The predicted octanol–water partition coefficient (Wildman–Crippen LogP) is 2.72. The SMILES string of the molecule is CCn1cnc(S(=O)(=O)Nc2cc(Cl)c(O)c(Cl)c2)c1. The summed E-state index contributed by atoms with van der Waals surface area (Å²) in [4.78, 5) is 3.81. The Kier molecular flexibility index (Phi) is 4.12. The average molecular weight is 336 g/mol. The second kappa shape index (κ2) is 5.51. The van der Waals surface area contributed by atoms with Crippen LogP contribution in [-0.4, -0.2) is 23.1 Å². The number of imidazole rings is 1. The highest BCUT2D eigenvalue weighted by Crippen LogP contribution is 2.35. The smallest absolute Gasteiger partial charge is 0.280 e. The van der Waals surface area contributed by atoms with Crippen molar-refractivity contribution in [1.29, 1.82) is 0 Å². The molecular formula is C11H11Cl2N3O3S. The molecule has 1 aromatic carbocycles. The largest absolute Gasteiger partial charge is 0.505 e. The number of aromatic nitrogens is 2. The number of sulfonamides is 1. The molecule has 2 N–H and O–H groups in total. The van der Waals surface area contributed by atoms with Crippen molar-refractivity contribution in [2.45, 2.75) is 18.5 Å². The standard InChI is InChI=1S/C11H11Cl2N3O3S/c1-2-16-5-10(14-6-16)20(18,19)15-7-3-8(12)11(17)9(13)4-7/h3-6,15,17H,2H2,1H3. The van der Waals surface area contributed by atoms with Gasteiger partial charge in [0.2, 0.25) is 0 Å². The van der Waals surface area contributed by atoms with Gasteiger partial charge < -0.3 is 9.67 Å². The summed E-state index contributed by atoms with van der Waals surface area (Å²) in [7, 11) is -3.83. The Labute approximate surface area is 126 Å². The fourth-order valence-corrected chi connectivity index (χ4v) is 2.96. The summed E-state index contributed by atoms with van der Waals surface area (Å²) in [5.41, 5.74) is 0.142. The van der Waals surface area contributed by atoms with E-state index in [0.29, 0.717) is 6.54 Å². The van der Waals surface area contributed by atoms with Crippen molar-refractivity contribution < 1.29 is 13.5 Å². The second-order valence-corrected chi connectivity index (χ2v) is 6.38. The van der Waals surface area contributed by atoms with E-state index in [-0.39, 0.29) is 26.5 Å². The molecule has 0 spiro atoms. The summed E-state index contributed by atoms with van der Waals surface area (Å²) in [5, 5.41) is 9.22. The van der Waals surface area contributed by atoms with E-state index in [2.05, 4.69) is 9.71 Å². The zero-order valence-electron chi connectivity index (χ0n) is 10.3. The van der Waals surface area contributed by atoms with Gasteiger partial charge in [-0.3, -0.25) is 4.72 Å². The average Bonchev–Trinajstić information content (AvgIpc) is 2.85. The van der Waals surface area contributed by atoms with Gasteiger partial charge in [0.05, 0.1) is 22.1 Å². The maximum atomic E-state index is 12.1. The maximum Gasteiger partial charge on any atom is 0.280 e. The van der Waals surface area contributed by atoms with Crippen LogP contribution >= 0.6 is 23.2 Å². The molecule has 0 aliphatic rings. The Morgan fingerprint density at radius 1 is 1.35 bits per heavy atom. The van der Waals surface area contributed by atoms with Crippen molar-refractivity contribution in [2.24, 2.45) is 0 Å². The van der Waals surface area contributed by atoms with Crippen LogP contribution in [0.25, 0.3) is 0 Å². The van der Waals surface area contributed by atoms with Gasteiger partial charge in [0.15, 0.2) is 10.8 Å². The molecule has 0 aliphatic heterocycles. The van der Waals surface area contributed by atoms with Gasteiger partial charge in [0.25, 0.3) is 10.0 Å².